The van der Waals surface area contributed by atoms with Crippen molar-refractivity contribution in [2.45, 2.75) is 40.7 Å². The van der Waals surface area contributed by atoms with Gasteiger partial charge in [-0.3, -0.25) is 9.78 Å². The lowest BCUT2D eigenvalue weighted by Gasteiger charge is -2.28. The van der Waals surface area contributed by atoms with Crippen LogP contribution in [0.3, 0.4) is 0 Å². The number of nitrogens with one attached hydrogen (secondary N) is 2. The number of morpholine rings is 1. The summed E-state index contributed by atoms with van der Waals surface area (Å²) in [6.45, 7) is 13.7. The highest BCUT2D eigenvalue weighted by Gasteiger charge is 2.20. The summed E-state index contributed by atoms with van der Waals surface area (Å²) in [6, 6.07) is 6.34. The molecule has 4 rings (SSSR count). The number of carbonyl (C=O) groups excluding carboxylic acids is 1. The smallest absolute Gasteiger partial charge is 0.251 e. The maximum Gasteiger partial charge on any atom is 0.251 e. The van der Waals surface area contributed by atoms with E-state index in [1.54, 1.807) is 18.3 Å². The van der Waals surface area contributed by atoms with Crippen LogP contribution in [-0.4, -0.2) is 74.3 Å². The Hall–Kier alpha value is -3.37. The Labute approximate surface area is 230 Å². The summed E-state index contributed by atoms with van der Waals surface area (Å²) in [6.07, 6.45) is 1.70. The van der Waals surface area contributed by atoms with Crippen molar-refractivity contribution in [3.63, 3.8) is 0 Å². The first-order chi connectivity index (χ1) is 18.8. The average Bonchev–Trinajstić information content (AvgIpc) is 2.94. The fourth-order valence-corrected chi connectivity index (χ4v) is 4.00. The van der Waals surface area contributed by atoms with Crippen molar-refractivity contribution in [2.24, 2.45) is 0 Å². The maximum atomic E-state index is 13.8. The van der Waals surface area contributed by atoms with Gasteiger partial charge in [0.05, 0.1) is 36.5 Å². The van der Waals surface area contributed by atoms with Gasteiger partial charge in [-0.15, -0.1) is 0 Å². The number of aromatic nitrogens is 2. The molecule has 8 nitrogen and oxygen atoms in total. The van der Waals surface area contributed by atoms with Crippen molar-refractivity contribution in [3.05, 3.63) is 59.3 Å². The molecular formula is C29H42F2N6O2. The Morgan fingerprint density at radius 3 is 2.31 bits per heavy atom. The minimum Gasteiger partial charge on any atom is -0.378 e. The first-order valence-electron chi connectivity index (χ1n) is 13.6. The van der Waals surface area contributed by atoms with Crippen molar-refractivity contribution in [1.29, 1.82) is 0 Å². The molecule has 0 spiro atoms. The molecule has 1 fully saturated rings. The molecule has 1 atom stereocenters. The summed E-state index contributed by atoms with van der Waals surface area (Å²) in [5.41, 5.74) is 2.62. The first kappa shape index (κ1) is 31.8. The van der Waals surface area contributed by atoms with Crippen LogP contribution < -0.4 is 15.5 Å². The Kier molecular flexibility index (Phi) is 13.0. The molecule has 1 aromatic heterocycles. The van der Waals surface area contributed by atoms with Crippen LogP contribution in [0.1, 0.15) is 56.6 Å². The minimum absolute atomic E-state index is 0.224. The SMILES string of the molecule is CC.CC.CC(Nc1cc(F)cc(F)c1)c1cc(C(=O)NCCN(C)C)cc2ncc(N3CCOCC3)nc12. The van der Waals surface area contributed by atoms with Crippen LogP contribution in [0.5, 0.6) is 0 Å². The molecule has 39 heavy (non-hydrogen) atoms. The molecule has 1 unspecified atom stereocenters. The van der Waals surface area contributed by atoms with E-state index in [1.165, 1.54) is 12.1 Å². The summed E-state index contributed by atoms with van der Waals surface area (Å²) < 4.78 is 33.0. The molecule has 2 N–H and O–H groups in total. The maximum absolute atomic E-state index is 13.8. The number of nitrogens with zero attached hydrogens (tertiary/aromatic N) is 4. The number of ether oxygens (including phenoxy) is 1. The summed E-state index contributed by atoms with van der Waals surface area (Å²) in [7, 11) is 3.87. The van der Waals surface area contributed by atoms with Gasteiger partial charge in [0.15, 0.2) is 0 Å². The minimum atomic E-state index is -0.673. The normalized spacial score (nSPS) is 13.6. The van der Waals surface area contributed by atoms with E-state index in [2.05, 4.69) is 20.5 Å². The Balaban J connectivity index is 0.00000127. The van der Waals surface area contributed by atoms with Gasteiger partial charge >= 0.3 is 0 Å². The number of carbonyl (C=O) groups is 1. The zero-order chi connectivity index (χ0) is 28.9. The second-order valence-corrected chi connectivity index (χ2v) is 8.84. The van der Waals surface area contributed by atoms with E-state index in [9.17, 15) is 13.6 Å². The van der Waals surface area contributed by atoms with Gasteiger partial charge in [0, 0.05) is 49.1 Å². The summed E-state index contributed by atoms with van der Waals surface area (Å²) in [5.74, 6) is -0.853. The van der Waals surface area contributed by atoms with Gasteiger partial charge in [0.1, 0.15) is 17.5 Å². The quantitative estimate of drug-likeness (QED) is 0.400. The number of amides is 1. The molecule has 3 aromatic rings. The van der Waals surface area contributed by atoms with Gasteiger partial charge < -0.3 is 25.2 Å². The standard InChI is InChI=1S/C25H30F2N6O2.2C2H6/c1-16(30-20-13-18(26)12-19(27)14-20)21-10-17(25(34)28-4-5-32(2)3)11-22-24(21)31-23(15-29-22)33-6-8-35-9-7-33;2*1-2/h10-16,30H,4-9H2,1-3H3,(H,28,34);2*1-2H3. The molecule has 2 aromatic carbocycles. The van der Waals surface area contributed by atoms with Gasteiger partial charge in [-0.05, 0) is 45.3 Å². The third-order valence-electron chi connectivity index (χ3n) is 5.82. The van der Waals surface area contributed by atoms with E-state index < -0.39 is 17.7 Å². The molecular weight excluding hydrogens is 502 g/mol. The van der Waals surface area contributed by atoms with Gasteiger partial charge in [-0.1, -0.05) is 27.7 Å². The molecule has 0 bridgehead atoms. The molecule has 214 valence electrons. The number of likely N-dealkylation sites (N-methyl/N-ethyl adjacent to an activating group) is 1. The topological polar surface area (TPSA) is 82.6 Å². The number of hydrogen-bond donors (Lipinski definition) is 2. The molecule has 2 heterocycles. The molecule has 0 saturated carbocycles. The van der Waals surface area contributed by atoms with E-state index in [4.69, 9.17) is 9.72 Å². The number of hydrogen-bond acceptors (Lipinski definition) is 7. The van der Waals surface area contributed by atoms with E-state index >= 15 is 0 Å². The number of rotatable bonds is 8. The third kappa shape index (κ3) is 9.11. The predicted molar refractivity (Wildman–Crippen MR) is 155 cm³/mol. The summed E-state index contributed by atoms with van der Waals surface area (Å²) in [5, 5.41) is 6.05. The third-order valence-corrected chi connectivity index (χ3v) is 5.82. The van der Waals surface area contributed by atoms with Gasteiger partial charge in [0.25, 0.3) is 5.91 Å². The van der Waals surface area contributed by atoms with Gasteiger partial charge in [-0.2, -0.15) is 0 Å². The zero-order valence-electron chi connectivity index (χ0n) is 24.1. The van der Waals surface area contributed by atoms with E-state index in [-0.39, 0.29) is 5.91 Å². The fraction of sp³-hybridized carbons (Fsp3) is 0.483. The van der Waals surface area contributed by atoms with Crippen LogP contribution in [0, 0.1) is 11.6 Å². The molecule has 1 aliphatic rings. The Morgan fingerprint density at radius 1 is 1.05 bits per heavy atom. The van der Waals surface area contributed by atoms with E-state index in [0.717, 1.165) is 6.07 Å². The molecule has 1 amide bonds. The second-order valence-electron chi connectivity index (χ2n) is 8.84. The van der Waals surface area contributed by atoms with Gasteiger partial charge in [0.2, 0.25) is 0 Å². The molecule has 10 heteroatoms. The molecule has 0 aliphatic carbocycles. The van der Waals surface area contributed by atoms with Gasteiger partial charge in [-0.25, -0.2) is 13.8 Å². The first-order valence-corrected chi connectivity index (χ1v) is 13.6. The molecule has 1 saturated heterocycles. The van der Waals surface area contributed by atoms with Crippen molar-refractivity contribution >= 4 is 28.4 Å². The van der Waals surface area contributed by atoms with Crippen LogP contribution >= 0.6 is 0 Å². The highest BCUT2D eigenvalue weighted by Crippen LogP contribution is 2.29. The summed E-state index contributed by atoms with van der Waals surface area (Å²) in [4.78, 5) is 26.4. The largest absolute Gasteiger partial charge is 0.378 e. The second kappa shape index (κ2) is 15.9. The fourth-order valence-electron chi connectivity index (χ4n) is 4.00. The predicted octanol–water partition coefficient (Wildman–Crippen LogP) is 5.26. The average molecular weight is 545 g/mol. The van der Waals surface area contributed by atoms with Crippen molar-refractivity contribution in [2.75, 3.05) is 63.7 Å². The highest BCUT2D eigenvalue weighted by molar-refractivity contribution is 5.98. The lowest BCUT2D eigenvalue weighted by molar-refractivity contribution is 0.0951. The van der Waals surface area contributed by atoms with Crippen LogP contribution in [0.15, 0.2) is 36.5 Å². The lowest BCUT2D eigenvalue weighted by atomic mass is 10.0. The molecule has 0 radical (unpaired) electrons. The number of fused-ring (bicyclic) bond motifs is 1. The Morgan fingerprint density at radius 2 is 1.69 bits per heavy atom. The van der Waals surface area contributed by atoms with Crippen molar-refractivity contribution in [3.8, 4) is 0 Å². The van der Waals surface area contributed by atoms with Crippen molar-refractivity contribution < 1.29 is 18.3 Å². The van der Waals surface area contributed by atoms with Crippen LogP contribution in [0.2, 0.25) is 0 Å². The van der Waals surface area contributed by atoms with Crippen molar-refractivity contribution in [1.82, 2.24) is 20.2 Å². The number of benzene rings is 2. The Bertz CT molecular complexity index is 1180. The van der Waals surface area contributed by atoms with E-state index in [0.29, 0.717) is 73.1 Å². The van der Waals surface area contributed by atoms with Crippen LogP contribution in [0.4, 0.5) is 20.3 Å². The lowest BCUT2D eigenvalue weighted by Crippen LogP contribution is -2.36. The van der Waals surface area contributed by atoms with Crippen LogP contribution in [0.25, 0.3) is 11.0 Å². The number of halogens is 2. The highest BCUT2D eigenvalue weighted by atomic mass is 19.1. The number of anilines is 2. The summed E-state index contributed by atoms with van der Waals surface area (Å²) >= 11 is 0. The monoisotopic (exact) mass is 544 g/mol. The molecule has 1 aliphatic heterocycles. The van der Waals surface area contributed by atoms with Crippen LogP contribution in [-0.2, 0) is 4.74 Å². The zero-order valence-corrected chi connectivity index (χ0v) is 24.1. The van der Waals surface area contributed by atoms with E-state index in [1.807, 2.05) is 53.6 Å².